The Bertz CT molecular complexity index is 490. The number of alkyl halides is 3. The van der Waals surface area contributed by atoms with Gasteiger partial charge in [-0.2, -0.15) is 13.2 Å². The van der Waals surface area contributed by atoms with Crippen LogP contribution >= 0.6 is 0 Å². The second kappa shape index (κ2) is 6.23. The van der Waals surface area contributed by atoms with Gasteiger partial charge >= 0.3 is 6.18 Å². The summed E-state index contributed by atoms with van der Waals surface area (Å²) in [6.45, 7) is 3.33. The minimum atomic E-state index is -4.38. The number of nitrogens with two attached hydrogens (primary N) is 1. The van der Waals surface area contributed by atoms with E-state index in [1.807, 2.05) is 4.90 Å². The third kappa shape index (κ3) is 3.49. The first-order valence-corrected chi connectivity index (χ1v) is 7.04. The number of ether oxygens (including phenoxy) is 1. The first-order valence-electron chi connectivity index (χ1n) is 7.04. The van der Waals surface area contributed by atoms with E-state index in [-0.39, 0.29) is 18.2 Å². The quantitative estimate of drug-likeness (QED) is 0.933. The first-order chi connectivity index (χ1) is 9.86. The number of nitrogens with zero attached hydrogens (tertiary/aromatic N) is 1. The molecule has 0 radical (unpaired) electrons. The van der Waals surface area contributed by atoms with Crippen LogP contribution in [0, 0.1) is 5.92 Å². The van der Waals surface area contributed by atoms with Gasteiger partial charge in [-0.25, -0.2) is 0 Å². The van der Waals surface area contributed by atoms with Crippen LogP contribution in [-0.2, 0) is 17.5 Å². The molecule has 3 nitrogen and oxygen atoms in total. The van der Waals surface area contributed by atoms with Crippen molar-refractivity contribution in [2.24, 2.45) is 11.7 Å². The highest BCUT2D eigenvalue weighted by Crippen LogP contribution is 2.35. The van der Waals surface area contributed by atoms with Crippen molar-refractivity contribution in [1.29, 1.82) is 0 Å². The van der Waals surface area contributed by atoms with Crippen molar-refractivity contribution in [2.45, 2.75) is 32.2 Å². The lowest BCUT2D eigenvalue weighted by Gasteiger charge is -2.38. The van der Waals surface area contributed by atoms with Crippen molar-refractivity contribution < 1.29 is 17.9 Å². The van der Waals surface area contributed by atoms with Gasteiger partial charge in [0.1, 0.15) is 0 Å². The van der Waals surface area contributed by atoms with Crippen LogP contribution in [0.1, 0.15) is 24.5 Å². The van der Waals surface area contributed by atoms with Gasteiger partial charge in [0.2, 0.25) is 0 Å². The summed E-state index contributed by atoms with van der Waals surface area (Å²) < 4.78 is 44.7. The molecule has 1 heterocycles. The molecule has 118 valence electrons. The van der Waals surface area contributed by atoms with Crippen LogP contribution in [0.2, 0.25) is 0 Å². The average molecular weight is 302 g/mol. The highest BCUT2D eigenvalue weighted by atomic mass is 19.4. The van der Waals surface area contributed by atoms with E-state index in [1.54, 1.807) is 13.2 Å². The molecule has 21 heavy (non-hydrogen) atoms. The summed E-state index contributed by atoms with van der Waals surface area (Å²) in [5.74, 6) is 0.414. The lowest BCUT2D eigenvalue weighted by Crippen LogP contribution is -2.44. The van der Waals surface area contributed by atoms with E-state index in [0.29, 0.717) is 18.2 Å². The topological polar surface area (TPSA) is 38.5 Å². The Balaban J connectivity index is 2.28. The summed E-state index contributed by atoms with van der Waals surface area (Å²) >= 11 is 0. The number of rotatable bonds is 3. The van der Waals surface area contributed by atoms with Gasteiger partial charge in [-0.05, 0) is 30.0 Å². The van der Waals surface area contributed by atoms with E-state index in [9.17, 15) is 13.2 Å². The standard InChI is InChI=1S/C15H21F3N2O/c1-10-5-6-20(9-14(10)21-2)12-4-3-11(8-19)13(7-12)15(16,17)18/h3-4,7,10,14H,5-6,8-9,19H2,1-2H3. The minimum Gasteiger partial charge on any atom is -0.379 e. The molecule has 2 unspecified atom stereocenters. The zero-order chi connectivity index (χ0) is 15.6. The number of anilines is 1. The van der Waals surface area contributed by atoms with Gasteiger partial charge < -0.3 is 15.4 Å². The molecular weight excluding hydrogens is 281 g/mol. The van der Waals surface area contributed by atoms with E-state index in [4.69, 9.17) is 10.5 Å². The molecule has 2 rings (SSSR count). The van der Waals surface area contributed by atoms with Crippen molar-refractivity contribution in [1.82, 2.24) is 0 Å². The van der Waals surface area contributed by atoms with Gasteiger partial charge in [0.05, 0.1) is 11.7 Å². The summed E-state index contributed by atoms with van der Waals surface area (Å²) in [7, 11) is 1.64. The van der Waals surface area contributed by atoms with Crippen LogP contribution in [0.25, 0.3) is 0 Å². The normalized spacial score (nSPS) is 23.4. The predicted octanol–water partition coefficient (Wildman–Crippen LogP) is 3.03. The van der Waals surface area contributed by atoms with E-state index in [1.165, 1.54) is 12.1 Å². The molecule has 0 amide bonds. The Labute approximate surface area is 122 Å². The number of benzene rings is 1. The summed E-state index contributed by atoms with van der Waals surface area (Å²) in [4.78, 5) is 1.95. The predicted molar refractivity (Wildman–Crippen MR) is 76.1 cm³/mol. The smallest absolute Gasteiger partial charge is 0.379 e. The van der Waals surface area contributed by atoms with Gasteiger partial charge in [0.25, 0.3) is 0 Å². The lowest BCUT2D eigenvalue weighted by atomic mass is 9.95. The van der Waals surface area contributed by atoms with Crippen molar-refractivity contribution in [3.8, 4) is 0 Å². The average Bonchev–Trinajstić information content (AvgIpc) is 2.46. The second-order valence-corrected chi connectivity index (χ2v) is 5.53. The summed E-state index contributed by atoms with van der Waals surface area (Å²) in [5.41, 5.74) is 5.46. The van der Waals surface area contributed by atoms with Gasteiger partial charge in [0.15, 0.2) is 0 Å². The summed E-state index contributed by atoms with van der Waals surface area (Å²) in [6.07, 6.45) is -3.44. The molecule has 1 fully saturated rings. The lowest BCUT2D eigenvalue weighted by molar-refractivity contribution is -0.138. The van der Waals surface area contributed by atoms with Crippen LogP contribution < -0.4 is 10.6 Å². The Morgan fingerprint density at radius 2 is 2.10 bits per heavy atom. The molecule has 2 N–H and O–H groups in total. The van der Waals surface area contributed by atoms with E-state index >= 15 is 0 Å². The third-order valence-electron chi connectivity index (χ3n) is 4.18. The Hall–Kier alpha value is -1.27. The Kier molecular flexibility index (Phi) is 4.78. The highest BCUT2D eigenvalue weighted by molar-refractivity contribution is 5.52. The first kappa shape index (κ1) is 16.1. The maximum Gasteiger partial charge on any atom is 0.416 e. The van der Waals surface area contributed by atoms with Gasteiger partial charge in [0, 0.05) is 32.4 Å². The van der Waals surface area contributed by atoms with Gasteiger partial charge in [-0.15, -0.1) is 0 Å². The molecule has 0 bridgehead atoms. The van der Waals surface area contributed by atoms with Crippen LogP contribution in [-0.4, -0.2) is 26.3 Å². The fraction of sp³-hybridized carbons (Fsp3) is 0.600. The maximum atomic E-state index is 13.1. The van der Waals surface area contributed by atoms with Gasteiger partial charge in [-0.3, -0.25) is 0 Å². The second-order valence-electron chi connectivity index (χ2n) is 5.53. The number of methoxy groups -OCH3 is 1. The molecule has 0 aliphatic carbocycles. The molecule has 0 saturated carbocycles. The largest absolute Gasteiger partial charge is 0.416 e. The van der Waals surface area contributed by atoms with E-state index in [0.717, 1.165) is 13.0 Å². The monoisotopic (exact) mass is 302 g/mol. The number of halogens is 3. The zero-order valence-corrected chi connectivity index (χ0v) is 12.3. The molecule has 1 aliphatic rings. The van der Waals surface area contributed by atoms with E-state index < -0.39 is 11.7 Å². The van der Waals surface area contributed by atoms with E-state index in [2.05, 4.69) is 6.92 Å². The van der Waals surface area contributed by atoms with Crippen LogP contribution in [0.15, 0.2) is 18.2 Å². The van der Waals surface area contributed by atoms with Crippen LogP contribution in [0.4, 0.5) is 18.9 Å². The third-order valence-corrected chi connectivity index (χ3v) is 4.18. The fourth-order valence-electron chi connectivity index (χ4n) is 2.78. The SMILES string of the molecule is COC1CN(c2ccc(CN)c(C(F)(F)F)c2)CCC1C. The fourth-order valence-corrected chi connectivity index (χ4v) is 2.78. The van der Waals surface area contributed by atoms with Crippen LogP contribution in [0.5, 0.6) is 0 Å². The van der Waals surface area contributed by atoms with Crippen LogP contribution in [0.3, 0.4) is 0 Å². The number of hydrogen-bond donors (Lipinski definition) is 1. The molecule has 0 aromatic heterocycles. The van der Waals surface area contributed by atoms with Crippen molar-refractivity contribution in [3.05, 3.63) is 29.3 Å². The molecule has 1 aromatic rings. The molecule has 1 saturated heterocycles. The van der Waals surface area contributed by atoms with Gasteiger partial charge in [-0.1, -0.05) is 13.0 Å². The van der Waals surface area contributed by atoms with Crippen molar-refractivity contribution in [3.63, 3.8) is 0 Å². The summed E-state index contributed by atoms with van der Waals surface area (Å²) in [6, 6.07) is 4.38. The van der Waals surface area contributed by atoms with Crippen molar-refractivity contribution >= 4 is 5.69 Å². The zero-order valence-electron chi connectivity index (χ0n) is 12.3. The summed E-state index contributed by atoms with van der Waals surface area (Å²) in [5, 5.41) is 0. The van der Waals surface area contributed by atoms with Crippen molar-refractivity contribution in [2.75, 3.05) is 25.1 Å². The molecular formula is C15H21F3N2O. The molecule has 1 aliphatic heterocycles. The number of hydrogen-bond acceptors (Lipinski definition) is 3. The maximum absolute atomic E-state index is 13.1. The Morgan fingerprint density at radius 1 is 1.38 bits per heavy atom. The molecule has 2 atom stereocenters. The molecule has 0 spiro atoms. The molecule has 1 aromatic carbocycles. The number of piperidine rings is 1. The Morgan fingerprint density at radius 3 is 2.67 bits per heavy atom. The highest BCUT2D eigenvalue weighted by Gasteiger charge is 2.34. The molecule has 6 heteroatoms. The minimum absolute atomic E-state index is 0.0438.